The Balaban J connectivity index is 2.60. The molecule has 0 saturated heterocycles. The van der Waals surface area contributed by atoms with Crippen LogP contribution < -0.4 is 0 Å². The van der Waals surface area contributed by atoms with Gasteiger partial charge in [-0.2, -0.15) is 0 Å². The Bertz CT molecular complexity index is 414. The third-order valence-corrected chi connectivity index (χ3v) is 3.68. The first-order valence-corrected chi connectivity index (χ1v) is 8.08. The van der Waals surface area contributed by atoms with E-state index < -0.39 is 0 Å². The molecule has 0 heterocycles. The molecule has 1 N–H and O–H groups in total. The summed E-state index contributed by atoms with van der Waals surface area (Å²) in [4.78, 5) is 2.38. The molecule has 0 bridgehead atoms. The zero-order valence-electron chi connectivity index (χ0n) is 13.9. The van der Waals surface area contributed by atoms with Gasteiger partial charge in [0.2, 0.25) is 0 Å². The number of aryl methyl sites for hydroxylation is 1. The van der Waals surface area contributed by atoms with E-state index in [9.17, 15) is 5.11 Å². The van der Waals surface area contributed by atoms with Crippen LogP contribution in [-0.4, -0.2) is 29.2 Å². The van der Waals surface area contributed by atoms with Crippen LogP contribution in [-0.2, 0) is 6.54 Å². The van der Waals surface area contributed by atoms with E-state index in [-0.39, 0.29) is 6.10 Å². The van der Waals surface area contributed by atoms with Crippen molar-refractivity contribution in [2.24, 2.45) is 5.92 Å². The summed E-state index contributed by atoms with van der Waals surface area (Å²) in [6, 6.07) is 8.64. The molecule has 0 saturated carbocycles. The van der Waals surface area contributed by atoms with Crippen LogP contribution in [0.4, 0.5) is 0 Å². The summed E-state index contributed by atoms with van der Waals surface area (Å²) in [5.41, 5.74) is 2.62. The van der Waals surface area contributed by atoms with Gasteiger partial charge in [-0.3, -0.25) is 4.90 Å². The van der Waals surface area contributed by atoms with Gasteiger partial charge in [0.1, 0.15) is 0 Å². The zero-order chi connectivity index (χ0) is 15.7. The Kier molecular flexibility index (Phi) is 8.33. The van der Waals surface area contributed by atoms with Crippen LogP contribution >= 0.6 is 0 Å². The summed E-state index contributed by atoms with van der Waals surface area (Å²) in [7, 11) is 0. The van der Waals surface area contributed by atoms with Gasteiger partial charge < -0.3 is 5.11 Å². The molecule has 1 rings (SSSR count). The quantitative estimate of drug-likeness (QED) is 0.653. The highest BCUT2D eigenvalue weighted by Crippen LogP contribution is 2.12. The van der Waals surface area contributed by atoms with Crippen LogP contribution in [0.1, 0.15) is 44.2 Å². The maximum Gasteiger partial charge on any atom is 0.0670 e. The van der Waals surface area contributed by atoms with Crippen LogP contribution in [0.15, 0.2) is 36.9 Å². The molecular weight excluding hydrogens is 258 g/mol. The number of benzene rings is 1. The monoisotopic (exact) mass is 289 g/mol. The Hall–Kier alpha value is -1.12. The van der Waals surface area contributed by atoms with E-state index in [0.29, 0.717) is 5.92 Å². The molecule has 21 heavy (non-hydrogen) atoms. The lowest BCUT2D eigenvalue weighted by atomic mass is 10.1. The predicted molar refractivity (Wildman–Crippen MR) is 91.3 cm³/mol. The number of hydrogen-bond donors (Lipinski definition) is 1. The minimum Gasteiger partial charge on any atom is -0.392 e. The van der Waals surface area contributed by atoms with Gasteiger partial charge in [0.25, 0.3) is 0 Å². The Morgan fingerprint density at radius 2 is 2.05 bits per heavy atom. The summed E-state index contributed by atoms with van der Waals surface area (Å²) >= 11 is 0. The van der Waals surface area contributed by atoms with Crippen molar-refractivity contribution >= 4 is 0 Å². The molecule has 0 radical (unpaired) electrons. The summed E-state index contributed by atoms with van der Waals surface area (Å²) in [5.74, 6) is 0.690. The number of aliphatic hydroxyl groups excluding tert-OH is 1. The maximum atomic E-state index is 10.2. The maximum absolute atomic E-state index is 10.2. The minimum atomic E-state index is -0.264. The molecule has 0 aliphatic carbocycles. The fourth-order valence-corrected chi connectivity index (χ4v) is 2.44. The van der Waals surface area contributed by atoms with Gasteiger partial charge in [0, 0.05) is 13.1 Å². The lowest BCUT2D eigenvalue weighted by molar-refractivity contribution is 0.0994. The fraction of sp³-hybridized carbons (Fsp3) is 0.579. The van der Waals surface area contributed by atoms with Crippen molar-refractivity contribution in [1.82, 2.24) is 4.90 Å². The van der Waals surface area contributed by atoms with Gasteiger partial charge in [0.05, 0.1) is 6.10 Å². The minimum absolute atomic E-state index is 0.264. The van der Waals surface area contributed by atoms with Crippen molar-refractivity contribution in [3.05, 3.63) is 48.0 Å². The normalized spacial score (nSPS) is 12.9. The predicted octanol–water partition coefficient (Wildman–Crippen LogP) is 4.17. The molecule has 0 amide bonds. The topological polar surface area (TPSA) is 23.5 Å². The summed E-state index contributed by atoms with van der Waals surface area (Å²) < 4.78 is 0. The third kappa shape index (κ3) is 8.03. The highest BCUT2D eigenvalue weighted by atomic mass is 16.3. The average Bonchev–Trinajstić information content (AvgIpc) is 2.42. The van der Waals surface area contributed by atoms with Gasteiger partial charge in [-0.1, -0.05) is 49.8 Å². The molecule has 0 unspecified atom stereocenters. The highest BCUT2D eigenvalue weighted by Gasteiger charge is 2.12. The Morgan fingerprint density at radius 3 is 2.67 bits per heavy atom. The zero-order valence-corrected chi connectivity index (χ0v) is 13.9. The second-order valence-corrected chi connectivity index (χ2v) is 6.43. The van der Waals surface area contributed by atoms with Crippen LogP contribution in [0, 0.1) is 12.8 Å². The first kappa shape index (κ1) is 17.9. The van der Waals surface area contributed by atoms with E-state index in [1.807, 2.05) is 6.08 Å². The van der Waals surface area contributed by atoms with Crippen molar-refractivity contribution in [3.63, 3.8) is 0 Å². The molecule has 2 heteroatoms. The molecule has 2 nitrogen and oxygen atoms in total. The molecule has 1 aromatic carbocycles. The largest absolute Gasteiger partial charge is 0.392 e. The fourth-order valence-electron chi connectivity index (χ4n) is 2.44. The van der Waals surface area contributed by atoms with Crippen LogP contribution in [0.5, 0.6) is 0 Å². The van der Waals surface area contributed by atoms with Crippen molar-refractivity contribution < 1.29 is 5.11 Å². The van der Waals surface area contributed by atoms with Crippen molar-refractivity contribution in [3.8, 4) is 0 Å². The number of aliphatic hydroxyl groups is 1. The second kappa shape index (κ2) is 9.75. The second-order valence-electron chi connectivity index (χ2n) is 6.43. The smallest absolute Gasteiger partial charge is 0.0670 e. The van der Waals surface area contributed by atoms with Crippen molar-refractivity contribution in [2.45, 2.75) is 52.7 Å². The summed E-state index contributed by atoms with van der Waals surface area (Å²) in [5, 5.41) is 10.2. The number of hydrogen-bond acceptors (Lipinski definition) is 2. The SMILES string of the molecule is C=CCC[C@H](O)CN(CCC(C)C)Cc1cccc(C)c1. The van der Waals surface area contributed by atoms with E-state index in [4.69, 9.17) is 0 Å². The van der Waals surface area contributed by atoms with Gasteiger partial charge >= 0.3 is 0 Å². The molecule has 1 atom stereocenters. The van der Waals surface area contributed by atoms with Gasteiger partial charge in [0.15, 0.2) is 0 Å². The average molecular weight is 289 g/mol. The van der Waals surface area contributed by atoms with E-state index in [1.165, 1.54) is 17.5 Å². The third-order valence-electron chi connectivity index (χ3n) is 3.68. The van der Waals surface area contributed by atoms with Gasteiger partial charge in [-0.25, -0.2) is 0 Å². The number of nitrogens with zero attached hydrogens (tertiary/aromatic N) is 1. The number of rotatable bonds is 10. The van der Waals surface area contributed by atoms with Crippen LogP contribution in [0.25, 0.3) is 0 Å². The standard InChI is InChI=1S/C19H31NO/c1-5-6-10-19(21)15-20(12-11-16(2)3)14-18-9-7-8-17(4)13-18/h5,7-9,13,16,19,21H,1,6,10-12,14-15H2,2-4H3/t19-/m0/s1. The van der Waals surface area contributed by atoms with E-state index in [1.54, 1.807) is 0 Å². The van der Waals surface area contributed by atoms with Crippen molar-refractivity contribution in [2.75, 3.05) is 13.1 Å². The lowest BCUT2D eigenvalue weighted by Crippen LogP contribution is -2.33. The van der Waals surface area contributed by atoms with Gasteiger partial charge in [-0.05, 0) is 44.2 Å². The molecule has 0 spiro atoms. The summed E-state index contributed by atoms with van der Waals surface area (Å²) in [6.45, 7) is 13.0. The Labute approximate surface area is 130 Å². The molecular formula is C19H31NO. The number of allylic oxidation sites excluding steroid dienone is 1. The molecule has 0 fully saturated rings. The first-order chi connectivity index (χ1) is 10.0. The van der Waals surface area contributed by atoms with Gasteiger partial charge in [-0.15, -0.1) is 6.58 Å². The molecule has 1 aromatic rings. The molecule has 0 aliphatic rings. The van der Waals surface area contributed by atoms with Crippen LogP contribution in [0.3, 0.4) is 0 Å². The highest BCUT2D eigenvalue weighted by molar-refractivity contribution is 5.22. The van der Waals surface area contributed by atoms with E-state index in [2.05, 4.69) is 56.5 Å². The van der Waals surface area contributed by atoms with Crippen LogP contribution in [0.2, 0.25) is 0 Å². The van der Waals surface area contributed by atoms with Crippen molar-refractivity contribution in [1.29, 1.82) is 0 Å². The molecule has 0 aromatic heterocycles. The van der Waals surface area contributed by atoms with E-state index >= 15 is 0 Å². The summed E-state index contributed by atoms with van der Waals surface area (Å²) in [6.07, 6.45) is 4.46. The molecule has 118 valence electrons. The lowest BCUT2D eigenvalue weighted by Gasteiger charge is -2.26. The molecule has 0 aliphatic heterocycles. The Morgan fingerprint density at radius 1 is 1.29 bits per heavy atom. The van der Waals surface area contributed by atoms with E-state index in [0.717, 1.165) is 32.5 Å². The first-order valence-electron chi connectivity index (χ1n) is 8.08.